The highest BCUT2D eigenvalue weighted by Crippen LogP contribution is 2.16. The van der Waals surface area contributed by atoms with E-state index >= 15 is 0 Å². The van der Waals surface area contributed by atoms with E-state index in [1.807, 2.05) is 0 Å². The zero-order valence-electron chi connectivity index (χ0n) is 7.99. The maximum absolute atomic E-state index is 11.1. The summed E-state index contributed by atoms with van der Waals surface area (Å²) in [5.74, 6) is -0.321. The van der Waals surface area contributed by atoms with Crippen molar-refractivity contribution < 1.29 is 14.3 Å². The van der Waals surface area contributed by atoms with E-state index in [9.17, 15) is 4.79 Å². The summed E-state index contributed by atoms with van der Waals surface area (Å²) in [6.07, 6.45) is 2.81. The molecular weight excluding hydrogens is 170 g/mol. The summed E-state index contributed by atoms with van der Waals surface area (Å²) in [6.45, 7) is 2.95. The molecule has 1 aliphatic rings. The summed E-state index contributed by atoms with van der Waals surface area (Å²) in [6, 6.07) is -0.525. The third-order valence-electron chi connectivity index (χ3n) is 2.13. The van der Waals surface area contributed by atoms with Gasteiger partial charge in [0.2, 0.25) is 0 Å². The predicted molar refractivity (Wildman–Crippen MR) is 48.2 cm³/mol. The molecule has 13 heavy (non-hydrogen) atoms. The molecule has 0 aromatic carbocycles. The lowest BCUT2D eigenvalue weighted by atomic mass is 10.1. The van der Waals surface area contributed by atoms with Gasteiger partial charge in [0.15, 0.2) is 0 Å². The Kier molecular flexibility index (Phi) is 4.18. The van der Waals surface area contributed by atoms with Crippen LogP contribution in [0.15, 0.2) is 0 Å². The Balaban J connectivity index is 2.22. The Labute approximate surface area is 78.4 Å². The van der Waals surface area contributed by atoms with Crippen molar-refractivity contribution in [3.05, 3.63) is 0 Å². The minimum Gasteiger partial charge on any atom is -0.465 e. The highest BCUT2D eigenvalue weighted by molar-refractivity contribution is 5.75. The molecule has 4 heteroatoms. The van der Waals surface area contributed by atoms with E-state index in [1.54, 1.807) is 6.92 Å². The number of rotatable bonds is 4. The molecule has 2 N–H and O–H groups in total. The lowest BCUT2D eigenvalue weighted by molar-refractivity contribution is -0.145. The van der Waals surface area contributed by atoms with Crippen LogP contribution >= 0.6 is 0 Å². The van der Waals surface area contributed by atoms with Gasteiger partial charge < -0.3 is 15.2 Å². The molecule has 0 aromatic rings. The van der Waals surface area contributed by atoms with Gasteiger partial charge in [0.05, 0.1) is 12.7 Å². The standard InChI is InChI=1S/C9H17NO3/c1-2-12-9(11)8(10)6-7-4-3-5-13-7/h7-8H,2-6,10H2,1H3. The number of nitrogens with two attached hydrogens (primary N) is 1. The molecule has 4 nitrogen and oxygen atoms in total. The number of carbonyl (C=O) groups excluding carboxylic acids is 1. The monoisotopic (exact) mass is 187 g/mol. The van der Waals surface area contributed by atoms with Crippen LogP contribution in [0.5, 0.6) is 0 Å². The fourth-order valence-corrected chi connectivity index (χ4v) is 1.46. The van der Waals surface area contributed by atoms with Gasteiger partial charge in [-0.15, -0.1) is 0 Å². The van der Waals surface area contributed by atoms with Crippen molar-refractivity contribution in [3.8, 4) is 0 Å². The molecule has 0 spiro atoms. The molecule has 1 rings (SSSR count). The molecule has 0 aliphatic carbocycles. The largest absolute Gasteiger partial charge is 0.465 e. The SMILES string of the molecule is CCOC(=O)C(N)CC1CCCO1. The molecule has 0 aromatic heterocycles. The smallest absolute Gasteiger partial charge is 0.322 e. The first-order valence-corrected chi connectivity index (χ1v) is 4.78. The van der Waals surface area contributed by atoms with Crippen molar-refractivity contribution in [3.63, 3.8) is 0 Å². The van der Waals surface area contributed by atoms with Crippen LogP contribution < -0.4 is 5.73 Å². The number of ether oxygens (including phenoxy) is 2. The maximum atomic E-state index is 11.1. The summed E-state index contributed by atoms with van der Waals surface area (Å²) in [4.78, 5) is 11.1. The molecule has 0 bridgehead atoms. The van der Waals surface area contributed by atoms with E-state index in [0.717, 1.165) is 19.4 Å². The highest BCUT2D eigenvalue weighted by Gasteiger charge is 2.23. The Hall–Kier alpha value is -0.610. The zero-order chi connectivity index (χ0) is 9.68. The molecule has 1 fully saturated rings. The van der Waals surface area contributed by atoms with Crippen LogP contribution in [0.2, 0.25) is 0 Å². The number of hydrogen-bond acceptors (Lipinski definition) is 4. The third-order valence-corrected chi connectivity index (χ3v) is 2.13. The first-order chi connectivity index (χ1) is 6.24. The molecule has 2 atom stereocenters. The van der Waals surface area contributed by atoms with Crippen molar-refractivity contribution in [2.75, 3.05) is 13.2 Å². The van der Waals surface area contributed by atoms with E-state index < -0.39 is 6.04 Å². The molecule has 1 saturated heterocycles. The minimum atomic E-state index is -0.525. The van der Waals surface area contributed by atoms with Crippen LogP contribution in [-0.2, 0) is 14.3 Å². The number of carbonyl (C=O) groups is 1. The first kappa shape index (κ1) is 10.5. The summed E-state index contributed by atoms with van der Waals surface area (Å²) in [5.41, 5.74) is 5.63. The molecule has 0 amide bonds. The van der Waals surface area contributed by atoms with Crippen LogP contribution in [0.1, 0.15) is 26.2 Å². The normalized spacial score (nSPS) is 24.3. The van der Waals surface area contributed by atoms with Crippen LogP contribution in [0.4, 0.5) is 0 Å². The Morgan fingerprint density at radius 3 is 3.08 bits per heavy atom. The Bertz CT molecular complexity index is 166. The quantitative estimate of drug-likeness (QED) is 0.649. The van der Waals surface area contributed by atoms with E-state index in [-0.39, 0.29) is 12.1 Å². The zero-order valence-corrected chi connectivity index (χ0v) is 7.99. The minimum absolute atomic E-state index is 0.152. The molecule has 76 valence electrons. The second-order valence-corrected chi connectivity index (χ2v) is 3.23. The molecule has 1 aliphatic heterocycles. The van der Waals surface area contributed by atoms with E-state index in [2.05, 4.69) is 0 Å². The van der Waals surface area contributed by atoms with Gasteiger partial charge in [-0.1, -0.05) is 0 Å². The van der Waals surface area contributed by atoms with Crippen molar-refractivity contribution >= 4 is 5.97 Å². The summed E-state index contributed by atoms with van der Waals surface area (Å²) >= 11 is 0. The molecule has 2 unspecified atom stereocenters. The fraction of sp³-hybridized carbons (Fsp3) is 0.889. The number of esters is 1. The second kappa shape index (κ2) is 5.19. The maximum Gasteiger partial charge on any atom is 0.322 e. The van der Waals surface area contributed by atoms with Crippen molar-refractivity contribution in [1.29, 1.82) is 0 Å². The first-order valence-electron chi connectivity index (χ1n) is 4.78. The van der Waals surface area contributed by atoms with Gasteiger partial charge >= 0.3 is 5.97 Å². The van der Waals surface area contributed by atoms with Crippen LogP contribution in [-0.4, -0.2) is 31.3 Å². The number of hydrogen-bond donors (Lipinski definition) is 1. The summed E-state index contributed by atoms with van der Waals surface area (Å²) in [5, 5.41) is 0. The van der Waals surface area contributed by atoms with Gasteiger partial charge in [0, 0.05) is 6.61 Å². The Morgan fingerprint density at radius 2 is 2.54 bits per heavy atom. The third kappa shape index (κ3) is 3.32. The van der Waals surface area contributed by atoms with Gasteiger partial charge in [-0.2, -0.15) is 0 Å². The van der Waals surface area contributed by atoms with E-state index in [4.69, 9.17) is 15.2 Å². The molecule has 0 saturated carbocycles. The van der Waals surface area contributed by atoms with Crippen molar-refractivity contribution in [2.45, 2.75) is 38.3 Å². The topological polar surface area (TPSA) is 61.5 Å². The van der Waals surface area contributed by atoms with Crippen LogP contribution in [0.3, 0.4) is 0 Å². The molecule has 0 radical (unpaired) electrons. The van der Waals surface area contributed by atoms with Gasteiger partial charge in [-0.05, 0) is 26.2 Å². The fourth-order valence-electron chi connectivity index (χ4n) is 1.46. The Morgan fingerprint density at radius 1 is 1.77 bits per heavy atom. The van der Waals surface area contributed by atoms with Gasteiger partial charge in [0.25, 0.3) is 0 Å². The lowest BCUT2D eigenvalue weighted by Crippen LogP contribution is -2.35. The van der Waals surface area contributed by atoms with E-state index in [0.29, 0.717) is 13.0 Å². The van der Waals surface area contributed by atoms with Gasteiger partial charge in [-0.3, -0.25) is 4.79 Å². The van der Waals surface area contributed by atoms with Gasteiger partial charge in [0.1, 0.15) is 6.04 Å². The highest BCUT2D eigenvalue weighted by atomic mass is 16.5. The summed E-state index contributed by atoms with van der Waals surface area (Å²) < 4.78 is 10.2. The average molecular weight is 187 g/mol. The summed E-state index contributed by atoms with van der Waals surface area (Å²) in [7, 11) is 0. The average Bonchev–Trinajstić information content (AvgIpc) is 2.57. The molecule has 1 heterocycles. The van der Waals surface area contributed by atoms with Crippen LogP contribution in [0, 0.1) is 0 Å². The lowest BCUT2D eigenvalue weighted by Gasteiger charge is -2.14. The predicted octanol–water partition coefficient (Wildman–Crippen LogP) is 0.446. The second-order valence-electron chi connectivity index (χ2n) is 3.23. The molecular formula is C9H17NO3. The van der Waals surface area contributed by atoms with Crippen molar-refractivity contribution in [2.24, 2.45) is 5.73 Å². The van der Waals surface area contributed by atoms with E-state index in [1.165, 1.54) is 0 Å². The van der Waals surface area contributed by atoms with Crippen molar-refractivity contribution in [1.82, 2.24) is 0 Å². The van der Waals surface area contributed by atoms with Gasteiger partial charge in [-0.25, -0.2) is 0 Å². The van der Waals surface area contributed by atoms with Crippen LogP contribution in [0.25, 0.3) is 0 Å².